The van der Waals surface area contributed by atoms with E-state index in [2.05, 4.69) is 183 Å². The van der Waals surface area contributed by atoms with E-state index in [0.29, 0.717) is 5.92 Å². The molecule has 292 valence electrons. The smallest absolute Gasteiger partial charge is 0.0467 e. The maximum atomic E-state index is 2.52. The third-order valence-corrected chi connectivity index (χ3v) is 15.0. The molecule has 0 amide bonds. The van der Waals surface area contributed by atoms with Crippen LogP contribution in [0.15, 0.2) is 164 Å². The van der Waals surface area contributed by atoms with E-state index in [1.165, 1.54) is 142 Å². The largest absolute Gasteiger partial charge is 0.310 e. The summed E-state index contributed by atoms with van der Waals surface area (Å²) in [7, 11) is 0. The molecule has 11 rings (SSSR count). The molecule has 7 aromatic carbocycles. The van der Waals surface area contributed by atoms with Crippen LogP contribution in [0.25, 0.3) is 44.5 Å². The molecule has 0 N–H and O–H groups in total. The van der Waals surface area contributed by atoms with Crippen LogP contribution in [0, 0.1) is 11.8 Å². The first-order valence-electron chi connectivity index (χ1n) is 22.5. The SMILES string of the molecule is CC1(C)c2cc(-c3ccc(-c4ccccc4)cc3)ccc2-c2ccc(N(c3ccc(C4CC5CCC4C5)cc3)c3cccc(-c4ccccc4C4CCCCC4)c3)cc21. The van der Waals surface area contributed by atoms with Crippen LogP contribution in [0.3, 0.4) is 0 Å². The second-order valence-electron chi connectivity index (χ2n) is 18.7. The summed E-state index contributed by atoms with van der Waals surface area (Å²) in [6, 6.07) is 62.5. The fourth-order valence-corrected chi connectivity index (χ4v) is 11.8. The van der Waals surface area contributed by atoms with Crippen molar-refractivity contribution in [3.05, 3.63) is 186 Å². The molecule has 0 aliphatic heterocycles. The summed E-state index contributed by atoms with van der Waals surface area (Å²) in [5, 5.41) is 0. The highest BCUT2D eigenvalue weighted by Gasteiger charge is 2.40. The molecule has 0 aromatic heterocycles. The van der Waals surface area contributed by atoms with Gasteiger partial charge in [0.25, 0.3) is 0 Å². The Morgan fingerprint density at radius 2 is 1.07 bits per heavy atom. The number of nitrogens with zero attached hydrogens (tertiary/aromatic N) is 1. The van der Waals surface area contributed by atoms with Crippen molar-refractivity contribution < 1.29 is 0 Å². The third kappa shape index (κ3) is 6.55. The topological polar surface area (TPSA) is 3.24 Å². The highest BCUT2D eigenvalue weighted by Crippen LogP contribution is 2.54. The summed E-state index contributed by atoms with van der Waals surface area (Å²) in [6.07, 6.45) is 12.3. The van der Waals surface area contributed by atoms with Crippen molar-refractivity contribution in [2.75, 3.05) is 4.90 Å². The molecular formula is C58H55N. The highest BCUT2D eigenvalue weighted by molar-refractivity contribution is 5.88. The Bertz CT molecular complexity index is 2630. The lowest BCUT2D eigenvalue weighted by molar-refractivity contribution is 0.420. The van der Waals surface area contributed by atoms with Gasteiger partial charge >= 0.3 is 0 Å². The van der Waals surface area contributed by atoms with E-state index in [-0.39, 0.29) is 5.41 Å². The molecule has 0 radical (unpaired) electrons. The van der Waals surface area contributed by atoms with Gasteiger partial charge in [0.2, 0.25) is 0 Å². The Balaban J connectivity index is 0.970. The minimum atomic E-state index is -0.154. The van der Waals surface area contributed by atoms with E-state index in [9.17, 15) is 0 Å². The van der Waals surface area contributed by atoms with Crippen LogP contribution in [0.2, 0.25) is 0 Å². The van der Waals surface area contributed by atoms with Crippen molar-refractivity contribution in [2.45, 2.75) is 88.9 Å². The summed E-state index contributed by atoms with van der Waals surface area (Å²) in [6.45, 7) is 4.84. The molecule has 0 spiro atoms. The third-order valence-electron chi connectivity index (χ3n) is 15.0. The molecule has 3 unspecified atom stereocenters. The van der Waals surface area contributed by atoms with Crippen molar-refractivity contribution in [3.63, 3.8) is 0 Å². The fourth-order valence-electron chi connectivity index (χ4n) is 11.8. The van der Waals surface area contributed by atoms with Crippen LogP contribution in [-0.2, 0) is 5.41 Å². The lowest BCUT2D eigenvalue weighted by atomic mass is 9.81. The van der Waals surface area contributed by atoms with Crippen molar-refractivity contribution in [2.24, 2.45) is 11.8 Å². The zero-order chi connectivity index (χ0) is 39.5. The quantitative estimate of drug-likeness (QED) is 0.149. The van der Waals surface area contributed by atoms with Crippen LogP contribution in [0.1, 0.15) is 106 Å². The van der Waals surface area contributed by atoms with E-state index in [0.717, 1.165) is 17.8 Å². The number of fused-ring (bicyclic) bond motifs is 5. The molecule has 4 aliphatic rings. The zero-order valence-electron chi connectivity index (χ0n) is 34.7. The minimum Gasteiger partial charge on any atom is -0.310 e. The van der Waals surface area contributed by atoms with Crippen LogP contribution in [0.5, 0.6) is 0 Å². The molecule has 59 heavy (non-hydrogen) atoms. The van der Waals surface area contributed by atoms with Gasteiger partial charge in [0.05, 0.1) is 0 Å². The fraction of sp³-hybridized carbons (Fsp3) is 0.276. The maximum Gasteiger partial charge on any atom is 0.0467 e. The summed E-state index contributed by atoms with van der Waals surface area (Å²) in [5.41, 5.74) is 19.8. The van der Waals surface area contributed by atoms with Gasteiger partial charge in [-0.25, -0.2) is 0 Å². The highest BCUT2D eigenvalue weighted by atomic mass is 15.1. The monoisotopic (exact) mass is 765 g/mol. The molecule has 3 atom stereocenters. The first-order chi connectivity index (χ1) is 29.0. The van der Waals surface area contributed by atoms with Gasteiger partial charge in [-0.15, -0.1) is 0 Å². The molecule has 0 heterocycles. The first kappa shape index (κ1) is 36.4. The molecule has 1 nitrogen and oxygen atoms in total. The average Bonchev–Trinajstić information content (AvgIpc) is 4.00. The number of rotatable bonds is 8. The summed E-state index contributed by atoms with van der Waals surface area (Å²) in [4.78, 5) is 2.52. The van der Waals surface area contributed by atoms with Crippen LogP contribution in [0.4, 0.5) is 17.1 Å². The Morgan fingerprint density at radius 1 is 0.441 bits per heavy atom. The summed E-state index contributed by atoms with van der Waals surface area (Å²) >= 11 is 0. The van der Waals surface area contributed by atoms with E-state index < -0.39 is 0 Å². The maximum absolute atomic E-state index is 2.52. The van der Waals surface area contributed by atoms with E-state index >= 15 is 0 Å². The van der Waals surface area contributed by atoms with Crippen LogP contribution < -0.4 is 4.90 Å². The van der Waals surface area contributed by atoms with Crippen molar-refractivity contribution >= 4 is 17.1 Å². The van der Waals surface area contributed by atoms with E-state index in [1.807, 2.05) is 0 Å². The summed E-state index contributed by atoms with van der Waals surface area (Å²) < 4.78 is 0. The first-order valence-corrected chi connectivity index (χ1v) is 22.5. The number of anilines is 3. The van der Waals surface area contributed by atoms with Gasteiger partial charge in [0, 0.05) is 22.5 Å². The molecule has 2 bridgehead atoms. The Kier molecular flexibility index (Phi) is 9.18. The lowest BCUT2D eigenvalue weighted by Crippen LogP contribution is -2.17. The van der Waals surface area contributed by atoms with Crippen molar-refractivity contribution in [3.8, 4) is 44.5 Å². The van der Waals surface area contributed by atoms with Crippen LogP contribution >= 0.6 is 0 Å². The van der Waals surface area contributed by atoms with Gasteiger partial charge in [0.1, 0.15) is 0 Å². The normalized spacial score (nSPS) is 20.3. The number of hydrogen-bond donors (Lipinski definition) is 0. The molecular weight excluding hydrogens is 711 g/mol. The van der Waals surface area contributed by atoms with Gasteiger partial charge in [-0.2, -0.15) is 0 Å². The Morgan fingerprint density at radius 3 is 1.81 bits per heavy atom. The van der Waals surface area contributed by atoms with E-state index in [1.54, 1.807) is 0 Å². The predicted molar refractivity (Wildman–Crippen MR) is 249 cm³/mol. The van der Waals surface area contributed by atoms with Crippen LogP contribution in [-0.4, -0.2) is 0 Å². The van der Waals surface area contributed by atoms with E-state index in [4.69, 9.17) is 0 Å². The zero-order valence-corrected chi connectivity index (χ0v) is 34.7. The van der Waals surface area contributed by atoms with Crippen molar-refractivity contribution in [1.82, 2.24) is 0 Å². The molecule has 0 saturated heterocycles. The van der Waals surface area contributed by atoms with Crippen molar-refractivity contribution in [1.29, 1.82) is 0 Å². The molecule has 4 aliphatic carbocycles. The molecule has 3 fully saturated rings. The predicted octanol–water partition coefficient (Wildman–Crippen LogP) is 16.4. The second-order valence-corrected chi connectivity index (χ2v) is 18.7. The van der Waals surface area contributed by atoms with Gasteiger partial charge in [0.15, 0.2) is 0 Å². The minimum absolute atomic E-state index is 0.154. The molecule has 3 saturated carbocycles. The lowest BCUT2D eigenvalue weighted by Gasteiger charge is -2.29. The average molecular weight is 766 g/mol. The Hall–Kier alpha value is -5.66. The molecule has 7 aromatic rings. The van der Waals surface area contributed by atoms with Gasteiger partial charge in [-0.1, -0.05) is 161 Å². The second kappa shape index (κ2) is 14.9. The van der Waals surface area contributed by atoms with Gasteiger partial charge in [-0.05, 0) is 165 Å². The Labute approximate surface area is 351 Å². The number of hydrogen-bond acceptors (Lipinski definition) is 1. The van der Waals surface area contributed by atoms with Gasteiger partial charge in [-0.3, -0.25) is 0 Å². The van der Waals surface area contributed by atoms with Gasteiger partial charge < -0.3 is 4.90 Å². The standard InChI is InChI=1S/C58H55N/c1-58(2)56-37-45(42-24-22-41(23-25-42)40-12-5-3-6-13-40)28-32-53(56)54-33-31-50(38-57(54)58)59(48-29-26-44(27-30-48)55-35-39-20-21-47(55)34-39)49-17-11-16-46(36-49)52-19-10-9-18-51(52)43-14-7-4-8-15-43/h3,5-6,9-13,16-19,22-33,36-39,43,47,55H,4,7-8,14-15,20-21,34-35H2,1-2H3. The summed E-state index contributed by atoms with van der Waals surface area (Å²) in [5.74, 6) is 3.18. The molecule has 1 heteroatoms. The number of benzene rings is 7.